The van der Waals surface area contributed by atoms with E-state index >= 15 is 0 Å². The van der Waals surface area contributed by atoms with Crippen LogP contribution in [0, 0.1) is 13.8 Å². The summed E-state index contributed by atoms with van der Waals surface area (Å²) in [4.78, 5) is 16.5. The summed E-state index contributed by atoms with van der Waals surface area (Å²) in [7, 11) is 1.61. The Bertz CT molecular complexity index is 1210. The number of benzene rings is 2. The normalized spacial score (nSPS) is 10.6. The Morgan fingerprint density at radius 3 is 2.30 bits per heavy atom. The second-order valence-electron chi connectivity index (χ2n) is 8.91. The Kier molecular flexibility index (Phi) is 14.1. The monoisotopic (exact) mass is 562 g/mol. The van der Waals surface area contributed by atoms with Crippen molar-refractivity contribution >= 4 is 17.3 Å². The zero-order valence-electron chi connectivity index (χ0n) is 24.2. The topological polar surface area (TPSA) is 127 Å². The van der Waals surface area contributed by atoms with Crippen molar-refractivity contribution in [1.82, 2.24) is 10.3 Å². The summed E-state index contributed by atoms with van der Waals surface area (Å²) in [6, 6.07) is 9.35. The number of hydrogen-bond acceptors (Lipinski definition) is 7. The molecule has 11 heteroatoms. The van der Waals surface area contributed by atoms with E-state index in [1.165, 1.54) is 6.92 Å². The van der Waals surface area contributed by atoms with Gasteiger partial charge in [0.15, 0.2) is 0 Å². The number of anilines is 2. The molecule has 0 aliphatic rings. The summed E-state index contributed by atoms with van der Waals surface area (Å²) in [5.41, 5.74) is 10.5. The number of aromatic nitrogens is 1. The number of aryl methyl sites for hydroxylation is 1. The predicted octanol–water partition coefficient (Wildman–Crippen LogP) is 5.93. The van der Waals surface area contributed by atoms with Gasteiger partial charge in [-0.05, 0) is 66.4 Å². The van der Waals surface area contributed by atoms with Gasteiger partial charge in [-0.1, -0.05) is 33.8 Å². The average Bonchev–Trinajstić information content (AvgIpc) is 2.94. The van der Waals surface area contributed by atoms with Crippen LogP contribution in [-0.4, -0.2) is 24.0 Å². The minimum absolute atomic E-state index is 0.0892. The maximum Gasteiger partial charge on any atom is 0.416 e. The van der Waals surface area contributed by atoms with Crippen LogP contribution in [0.1, 0.15) is 65.9 Å². The van der Waals surface area contributed by atoms with Gasteiger partial charge in [0, 0.05) is 36.6 Å². The van der Waals surface area contributed by atoms with Gasteiger partial charge in [0.05, 0.1) is 24.6 Å². The van der Waals surface area contributed by atoms with Gasteiger partial charge in [0.25, 0.3) is 5.91 Å². The summed E-state index contributed by atoms with van der Waals surface area (Å²) < 4.78 is 45.3. The highest BCUT2D eigenvalue weighted by Gasteiger charge is 2.33. The third-order valence-electron chi connectivity index (χ3n) is 5.68. The molecule has 0 radical (unpaired) electrons. The van der Waals surface area contributed by atoms with Crippen LogP contribution in [0.25, 0.3) is 0 Å². The SMILES string of the molecule is CC.COc1cncc(CN)c1.Cc1ccc(C(=O)Nc2cc(CNC(C)C)c(C)c(C(F)(F)F)c2)cc1NN. The van der Waals surface area contributed by atoms with Gasteiger partial charge < -0.3 is 26.5 Å². The predicted molar refractivity (Wildman–Crippen MR) is 155 cm³/mol. The van der Waals surface area contributed by atoms with Crippen molar-refractivity contribution < 1.29 is 22.7 Å². The maximum absolute atomic E-state index is 13.5. The number of carbonyl (C=O) groups is 1. The first-order valence-corrected chi connectivity index (χ1v) is 12.9. The molecule has 1 amide bonds. The Morgan fingerprint density at radius 2 is 1.75 bits per heavy atom. The van der Waals surface area contributed by atoms with Crippen LogP contribution in [0.2, 0.25) is 0 Å². The fourth-order valence-electron chi connectivity index (χ4n) is 3.45. The molecule has 0 saturated heterocycles. The van der Waals surface area contributed by atoms with E-state index in [2.05, 4.69) is 21.0 Å². The molecule has 0 aliphatic carbocycles. The molecule has 40 heavy (non-hydrogen) atoms. The molecule has 0 saturated carbocycles. The lowest BCUT2D eigenvalue weighted by atomic mass is 10.00. The van der Waals surface area contributed by atoms with Gasteiger partial charge in [0.1, 0.15) is 5.75 Å². The third-order valence-corrected chi connectivity index (χ3v) is 5.68. The molecule has 1 heterocycles. The van der Waals surface area contributed by atoms with E-state index in [4.69, 9.17) is 16.3 Å². The number of pyridine rings is 1. The van der Waals surface area contributed by atoms with Crippen molar-refractivity contribution in [2.24, 2.45) is 11.6 Å². The fourth-order valence-corrected chi connectivity index (χ4v) is 3.45. The first-order chi connectivity index (χ1) is 18.9. The number of nitrogens with two attached hydrogens (primary N) is 2. The number of nitrogen functional groups attached to an aromatic ring is 1. The highest BCUT2D eigenvalue weighted by molar-refractivity contribution is 6.05. The highest BCUT2D eigenvalue weighted by Crippen LogP contribution is 2.35. The van der Waals surface area contributed by atoms with Gasteiger partial charge in [-0.15, -0.1) is 0 Å². The number of halogens is 3. The molecule has 0 unspecified atom stereocenters. The standard InChI is InChI=1S/C20H25F3N4O.C7H10N2O.C2H6/c1-11(2)25-10-15-7-16(9-17(13(15)4)20(21,22)23)26-19(28)14-6-5-12(3)18(8-14)27-24;1-10-7-2-6(3-8)4-9-5-7;1-2/h5-9,11,25,27H,10,24H2,1-4H3,(H,26,28);2,4-5H,3,8H2,1H3;1-2H3. The molecule has 8 nitrogen and oxygen atoms in total. The van der Waals surface area contributed by atoms with Crippen LogP contribution in [0.3, 0.4) is 0 Å². The van der Waals surface area contributed by atoms with Crippen molar-refractivity contribution in [2.75, 3.05) is 17.9 Å². The summed E-state index contributed by atoms with van der Waals surface area (Å²) >= 11 is 0. The number of rotatable bonds is 8. The molecule has 0 spiro atoms. The first kappa shape index (κ1) is 34.4. The van der Waals surface area contributed by atoms with Crippen LogP contribution >= 0.6 is 0 Å². The Hall–Kier alpha value is -3.67. The van der Waals surface area contributed by atoms with E-state index in [9.17, 15) is 18.0 Å². The summed E-state index contributed by atoms with van der Waals surface area (Å²) in [5, 5.41) is 5.67. The van der Waals surface area contributed by atoms with Crippen molar-refractivity contribution in [1.29, 1.82) is 0 Å². The molecule has 0 bridgehead atoms. The minimum atomic E-state index is -4.52. The smallest absolute Gasteiger partial charge is 0.416 e. The number of ether oxygens (including phenoxy) is 1. The quantitative estimate of drug-likeness (QED) is 0.170. The second-order valence-corrected chi connectivity index (χ2v) is 8.91. The molecule has 0 aliphatic heterocycles. The number of hydrogen-bond donors (Lipinski definition) is 5. The van der Waals surface area contributed by atoms with Crippen LogP contribution in [0.5, 0.6) is 5.75 Å². The zero-order chi connectivity index (χ0) is 30.5. The molecule has 7 N–H and O–H groups in total. The molecule has 0 fully saturated rings. The van der Waals surface area contributed by atoms with Gasteiger partial charge in [0.2, 0.25) is 0 Å². The van der Waals surface area contributed by atoms with Gasteiger partial charge in [-0.2, -0.15) is 13.2 Å². The molecular formula is C29H41F3N6O2. The Morgan fingerprint density at radius 1 is 1.07 bits per heavy atom. The third kappa shape index (κ3) is 10.5. The zero-order valence-corrected chi connectivity index (χ0v) is 24.2. The van der Waals surface area contributed by atoms with E-state index < -0.39 is 17.6 Å². The second kappa shape index (κ2) is 16.4. The molecule has 1 aromatic heterocycles. The van der Waals surface area contributed by atoms with E-state index in [0.717, 1.165) is 22.9 Å². The molecule has 220 valence electrons. The fraction of sp³-hybridized carbons (Fsp3) is 0.379. The maximum atomic E-state index is 13.5. The Labute approximate surface area is 234 Å². The largest absolute Gasteiger partial charge is 0.495 e. The number of hydrazine groups is 1. The first-order valence-electron chi connectivity index (χ1n) is 12.9. The average molecular weight is 563 g/mol. The number of alkyl halides is 3. The number of methoxy groups -OCH3 is 1. The van der Waals surface area contributed by atoms with Crippen molar-refractivity contribution in [3.05, 3.63) is 82.2 Å². The number of nitrogens with zero attached hydrogens (tertiary/aromatic N) is 1. The summed E-state index contributed by atoms with van der Waals surface area (Å²) in [6.07, 6.45) is -1.14. The van der Waals surface area contributed by atoms with E-state index in [0.29, 0.717) is 17.8 Å². The number of amides is 1. The van der Waals surface area contributed by atoms with Gasteiger partial charge >= 0.3 is 6.18 Å². The lowest BCUT2D eigenvalue weighted by Crippen LogP contribution is -2.23. The number of nitrogens with one attached hydrogen (secondary N) is 3. The molecule has 3 aromatic rings. The minimum Gasteiger partial charge on any atom is -0.495 e. The number of carbonyl (C=O) groups excluding carboxylic acids is 1. The molecular weight excluding hydrogens is 521 g/mol. The van der Waals surface area contributed by atoms with Crippen LogP contribution in [0.4, 0.5) is 24.5 Å². The Balaban J connectivity index is 0.000000555. The summed E-state index contributed by atoms with van der Waals surface area (Å²) in [6.45, 7) is 11.8. The van der Waals surface area contributed by atoms with Crippen LogP contribution in [-0.2, 0) is 19.3 Å². The van der Waals surface area contributed by atoms with E-state index in [-0.39, 0.29) is 29.4 Å². The summed E-state index contributed by atoms with van der Waals surface area (Å²) in [5.74, 6) is 5.66. The lowest BCUT2D eigenvalue weighted by Gasteiger charge is -2.18. The van der Waals surface area contributed by atoms with Crippen molar-refractivity contribution in [3.63, 3.8) is 0 Å². The van der Waals surface area contributed by atoms with E-state index in [1.807, 2.05) is 40.7 Å². The van der Waals surface area contributed by atoms with E-state index in [1.54, 1.807) is 43.8 Å². The van der Waals surface area contributed by atoms with Gasteiger partial charge in [-0.3, -0.25) is 15.6 Å². The van der Waals surface area contributed by atoms with Crippen molar-refractivity contribution in [2.45, 2.75) is 66.9 Å². The lowest BCUT2D eigenvalue weighted by molar-refractivity contribution is -0.138. The molecule has 2 aromatic carbocycles. The van der Waals surface area contributed by atoms with Crippen molar-refractivity contribution in [3.8, 4) is 5.75 Å². The highest BCUT2D eigenvalue weighted by atomic mass is 19.4. The van der Waals surface area contributed by atoms with Crippen LogP contribution < -0.4 is 32.4 Å². The van der Waals surface area contributed by atoms with Crippen LogP contribution in [0.15, 0.2) is 48.8 Å². The molecule has 0 atom stereocenters. The van der Waals surface area contributed by atoms with Gasteiger partial charge in [-0.25, -0.2) is 0 Å². The molecule has 3 rings (SSSR count).